The molecule has 0 bridgehead atoms. The van der Waals surface area contributed by atoms with Crippen LogP contribution in [0.25, 0.3) is 0 Å². The van der Waals surface area contributed by atoms with Gasteiger partial charge in [0.25, 0.3) is 0 Å². The Morgan fingerprint density at radius 3 is 2.76 bits per heavy atom. The van der Waals surface area contributed by atoms with Crippen LogP contribution in [-0.4, -0.2) is 55.9 Å². The molecule has 1 rings (SSSR count). The predicted octanol–water partition coefficient (Wildman–Crippen LogP) is 2.73. The number of nitrogens with zero attached hydrogens (tertiary/aromatic N) is 1. The summed E-state index contributed by atoms with van der Waals surface area (Å²) in [6, 6.07) is 5.79. The Balaban J connectivity index is 1.82. The molecule has 140 valence electrons. The van der Waals surface area contributed by atoms with E-state index in [1.54, 1.807) is 27.8 Å². The first kappa shape index (κ1) is 22.0. The molecule has 0 radical (unpaired) electrons. The average molecular weight is 387 g/mol. The molecular formula is C17H26N2O4S2. The quantitative estimate of drug-likeness (QED) is 0.266. The third-order valence-electron chi connectivity index (χ3n) is 2.98. The van der Waals surface area contributed by atoms with Crippen molar-refractivity contribution in [3.8, 4) is 0 Å². The zero-order chi connectivity index (χ0) is 18.0. The van der Waals surface area contributed by atoms with Gasteiger partial charge in [0, 0.05) is 37.9 Å². The number of aldehydes is 1. The molecule has 1 heterocycles. The number of pyridine rings is 1. The third kappa shape index (κ3) is 13.8. The summed E-state index contributed by atoms with van der Waals surface area (Å²) in [7, 11) is 3.23. The second-order valence-electron chi connectivity index (χ2n) is 5.06. The third-order valence-corrected chi connectivity index (χ3v) is 5.25. The van der Waals surface area contributed by atoms with E-state index in [9.17, 15) is 9.59 Å². The van der Waals surface area contributed by atoms with Crippen LogP contribution in [-0.2, 0) is 19.1 Å². The number of hydrogen-bond acceptors (Lipinski definition) is 7. The highest BCUT2D eigenvalue weighted by atomic mass is 33.1. The lowest BCUT2D eigenvalue weighted by atomic mass is 10.3. The first-order chi connectivity index (χ1) is 12.3. The molecule has 0 aromatic carbocycles. The van der Waals surface area contributed by atoms with Crippen LogP contribution in [0, 0.1) is 0 Å². The second kappa shape index (κ2) is 16.4. The minimum Gasteiger partial charge on any atom is -0.379 e. The van der Waals surface area contributed by atoms with E-state index in [0.29, 0.717) is 45.8 Å². The molecule has 0 aliphatic carbocycles. The Morgan fingerprint density at radius 2 is 2.00 bits per heavy atom. The smallest absolute Gasteiger partial charge is 0.220 e. The van der Waals surface area contributed by atoms with E-state index >= 15 is 0 Å². The molecule has 25 heavy (non-hydrogen) atoms. The maximum atomic E-state index is 11.7. The summed E-state index contributed by atoms with van der Waals surface area (Å²) in [5.74, 6) is 0.846. The lowest BCUT2D eigenvalue weighted by Gasteiger charge is -2.06. The SMILES string of the molecule is O=CCCOCCOCCCCNC(=O)CCSSc1ccccn1. The molecule has 1 N–H and O–H groups in total. The van der Waals surface area contributed by atoms with Crippen molar-refractivity contribution < 1.29 is 19.1 Å². The van der Waals surface area contributed by atoms with Gasteiger partial charge in [0.2, 0.25) is 5.91 Å². The highest BCUT2D eigenvalue weighted by molar-refractivity contribution is 8.76. The Labute approximate surface area is 157 Å². The van der Waals surface area contributed by atoms with Gasteiger partial charge in [-0.3, -0.25) is 4.79 Å². The summed E-state index contributed by atoms with van der Waals surface area (Å²) < 4.78 is 10.6. The van der Waals surface area contributed by atoms with Gasteiger partial charge in [0.1, 0.15) is 11.3 Å². The number of nitrogens with one attached hydrogen (secondary N) is 1. The average Bonchev–Trinajstić information content (AvgIpc) is 2.64. The molecule has 1 aromatic heterocycles. The van der Waals surface area contributed by atoms with E-state index in [0.717, 1.165) is 29.9 Å². The monoisotopic (exact) mass is 386 g/mol. The molecular weight excluding hydrogens is 360 g/mol. The molecule has 0 fully saturated rings. The molecule has 0 spiro atoms. The van der Waals surface area contributed by atoms with Gasteiger partial charge < -0.3 is 19.6 Å². The van der Waals surface area contributed by atoms with Gasteiger partial charge in [-0.25, -0.2) is 4.98 Å². The number of aromatic nitrogens is 1. The molecule has 6 nitrogen and oxygen atoms in total. The van der Waals surface area contributed by atoms with Crippen molar-refractivity contribution >= 4 is 33.8 Å². The maximum absolute atomic E-state index is 11.7. The van der Waals surface area contributed by atoms with Gasteiger partial charge in [0.05, 0.1) is 19.8 Å². The van der Waals surface area contributed by atoms with Gasteiger partial charge in [-0.2, -0.15) is 0 Å². The van der Waals surface area contributed by atoms with Crippen LogP contribution in [0.1, 0.15) is 25.7 Å². The zero-order valence-electron chi connectivity index (χ0n) is 14.4. The number of ether oxygens (including phenoxy) is 2. The fourth-order valence-electron chi connectivity index (χ4n) is 1.73. The van der Waals surface area contributed by atoms with E-state index in [1.807, 2.05) is 18.2 Å². The van der Waals surface area contributed by atoms with Crippen molar-refractivity contribution in [1.29, 1.82) is 0 Å². The van der Waals surface area contributed by atoms with E-state index in [2.05, 4.69) is 10.3 Å². The van der Waals surface area contributed by atoms with Crippen LogP contribution in [0.3, 0.4) is 0 Å². The largest absolute Gasteiger partial charge is 0.379 e. The minimum atomic E-state index is 0.0821. The molecule has 0 atom stereocenters. The first-order valence-corrected chi connectivity index (χ1v) is 10.7. The lowest BCUT2D eigenvalue weighted by Crippen LogP contribution is -2.24. The molecule has 0 saturated heterocycles. The van der Waals surface area contributed by atoms with E-state index in [4.69, 9.17) is 9.47 Å². The predicted molar refractivity (Wildman–Crippen MR) is 102 cm³/mol. The highest BCUT2D eigenvalue weighted by Crippen LogP contribution is 2.29. The van der Waals surface area contributed by atoms with Gasteiger partial charge in [-0.05, 0) is 35.8 Å². The highest BCUT2D eigenvalue weighted by Gasteiger charge is 2.02. The number of amides is 1. The Kier molecular flexibility index (Phi) is 14.4. The molecule has 1 aromatic rings. The van der Waals surface area contributed by atoms with Crippen LogP contribution in [0.5, 0.6) is 0 Å². The number of carbonyl (C=O) groups is 2. The summed E-state index contributed by atoms with van der Waals surface area (Å²) in [5, 5.41) is 3.88. The maximum Gasteiger partial charge on any atom is 0.220 e. The van der Waals surface area contributed by atoms with Crippen LogP contribution in [0.2, 0.25) is 0 Å². The number of hydrogen-bond donors (Lipinski definition) is 1. The summed E-state index contributed by atoms with van der Waals surface area (Å²) in [6.07, 6.45) is 5.35. The van der Waals surface area contributed by atoms with Crippen molar-refractivity contribution in [3.63, 3.8) is 0 Å². The normalized spacial score (nSPS) is 10.6. The van der Waals surface area contributed by atoms with Crippen LogP contribution < -0.4 is 5.32 Å². The fraction of sp³-hybridized carbons (Fsp3) is 0.588. The number of rotatable bonds is 16. The molecule has 0 aliphatic heterocycles. The van der Waals surface area contributed by atoms with Crippen molar-refractivity contribution in [3.05, 3.63) is 24.4 Å². The number of carbonyl (C=O) groups excluding carboxylic acids is 2. The van der Waals surface area contributed by atoms with Crippen molar-refractivity contribution in [2.75, 3.05) is 38.7 Å². The molecule has 1 amide bonds. The van der Waals surface area contributed by atoms with Crippen LogP contribution in [0.4, 0.5) is 0 Å². The van der Waals surface area contributed by atoms with E-state index < -0.39 is 0 Å². The summed E-state index contributed by atoms with van der Waals surface area (Å²) in [6.45, 7) is 2.84. The van der Waals surface area contributed by atoms with Gasteiger partial charge in [0.15, 0.2) is 0 Å². The van der Waals surface area contributed by atoms with Gasteiger partial charge >= 0.3 is 0 Å². The van der Waals surface area contributed by atoms with E-state index in [1.165, 1.54) is 0 Å². The standard InChI is InChI=1S/C17H26N2O4S2/c20-10-5-12-23-14-13-22-11-4-3-8-18-16(21)7-15-24-25-17-6-1-2-9-19-17/h1-2,6,9-10H,3-5,7-8,11-15H2,(H,18,21). The number of unbranched alkanes of at least 4 members (excludes halogenated alkanes) is 1. The summed E-state index contributed by atoms with van der Waals surface area (Å²) in [4.78, 5) is 26.0. The zero-order valence-corrected chi connectivity index (χ0v) is 16.0. The molecule has 0 aliphatic rings. The summed E-state index contributed by atoms with van der Waals surface area (Å²) >= 11 is 0. The van der Waals surface area contributed by atoms with Gasteiger partial charge in [-0.1, -0.05) is 16.9 Å². The molecule has 0 saturated carbocycles. The molecule has 0 unspecified atom stereocenters. The molecule has 8 heteroatoms. The fourth-order valence-corrected chi connectivity index (χ4v) is 3.60. The topological polar surface area (TPSA) is 77.5 Å². The lowest BCUT2D eigenvalue weighted by molar-refractivity contribution is -0.120. The Morgan fingerprint density at radius 1 is 1.16 bits per heavy atom. The summed E-state index contributed by atoms with van der Waals surface area (Å²) in [5.41, 5.74) is 0. The van der Waals surface area contributed by atoms with E-state index in [-0.39, 0.29) is 5.91 Å². The van der Waals surface area contributed by atoms with Crippen molar-refractivity contribution in [1.82, 2.24) is 10.3 Å². The van der Waals surface area contributed by atoms with Crippen LogP contribution >= 0.6 is 21.6 Å². The Bertz CT molecular complexity index is 463. The van der Waals surface area contributed by atoms with Crippen molar-refractivity contribution in [2.45, 2.75) is 30.7 Å². The first-order valence-electron chi connectivity index (χ1n) is 8.39. The minimum absolute atomic E-state index is 0.0821. The van der Waals surface area contributed by atoms with Crippen LogP contribution in [0.15, 0.2) is 29.4 Å². The van der Waals surface area contributed by atoms with Gasteiger partial charge in [-0.15, -0.1) is 0 Å². The van der Waals surface area contributed by atoms with Crippen molar-refractivity contribution in [2.24, 2.45) is 0 Å². The second-order valence-corrected chi connectivity index (χ2v) is 7.50. The Hall–Kier alpha value is -1.09.